The number of aromatic nitrogens is 5. The molecule has 13 heteroatoms. The Morgan fingerprint density at radius 1 is 1.14 bits per heavy atom. The molecule has 0 radical (unpaired) electrons. The second kappa shape index (κ2) is 11.0. The Balaban J connectivity index is 1.62. The first kappa shape index (κ1) is 25.5. The van der Waals surface area contributed by atoms with E-state index in [9.17, 15) is 9.59 Å². The molecule has 1 N–H and O–H groups in total. The highest BCUT2D eigenvalue weighted by atomic mass is 35.5. The van der Waals surface area contributed by atoms with Crippen molar-refractivity contribution >= 4 is 45.6 Å². The molecule has 0 aliphatic rings. The van der Waals surface area contributed by atoms with Crippen molar-refractivity contribution in [3.63, 3.8) is 0 Å². The van der Waals surface area contributed by atoms with E-state index in [1.165, 1.54) is 30.1 Å². The van der Waals surface area contributed by atoms with Crippen molar-refractivity contribution in [3.05, 3.63) is 74.6 Å². The first-order valence-electron chi connectivity index (χ1n) is 10.6. The van der Waals surface area contributed by atoms with Crippen molar-refractivity contribution in [1.29, 1.82) is 0 Å². The second-order valence-electron chi connectivity index (χ2n) is 7.73. The molecular weight excluding hydrogens is 527 g/mol. The molecule has 4 aromatic rings. The molecule has 10 nitrogen and oxygen atoms in total. The van der Waals surface area contributed by atoms with E-state index in [-0.39, 0.29) is 39.2 Å². The van der Waals surface area contributed by atoms with Crippen molar-refractivity contribution in [3.8, 4) is 22.1 Å². The fourth-order valence-corrected chi connectivity index (χ4v) is 4.12. The van der Waals surface area contributed by atoms with Gasteiger partial charge in [0.25, 0.3) is 16.7 Å². The first-order chi connectivity index (χ1) is 17.2. The van der Waals surface area contributed by atoms with E-state index < -0.39 is 5.91 Å². The smallest absolute Gasteiger partial charge is 0.296 e. The van der Waals surface area contributed by atoms with Gasteiger partial charge < -0.3 is 14.0 Å². The van der Waals surface area contributed by atoms with E-state index in [1.54, 1.807) is 24.4 Å². The molecule has 0 spiro atoms. The van der Waals surface area contributed by atoms with Gasteiger partial charge in [-0.1, -0.05) is 28.3 Å². The van der Waals surface area contributed by atoms with Crippen LogP contribution >= 0.6 is 34.5 Å². The number of amides is 1. The van der Waals surface area contributed by atoms with Crippen LogP contribution < -0.4 is 20.3 Å². The van der Waals surface area contributed by atoms with Crippen LogP contribution in [0.4, 0.5) is 5.13 Å². The Labute approximate surface area is 219 Å². The molecule has 0 saturated heterocycles. The van der Waals surface area contributed by atoms with Crippen LogP contribution in [0, 0.1) is 0 Å². The maximum absolute atomic E-state index is 13.3. The van der Waals surface area contributed by atoms with E-state index >= 15 is 0 Å². The topological polar surface area (TPSA) is 121 Å². The number of nitrogens with zero attached hydrogens (tertiary/aromatic N) is 5. The van der Waals surface area contributed by atoms with Crippen molar-refractivity contribution < 1.29 is 14.3 Å². The van der Waals surface area contributed by atoms with Crippen molar-refractivity contribution in [2.75, 3.05) is 12.4 Å². The molecule has 0 aliphatic heterocycles. The van der Waals surface area contributed by atoms with Crippen molar-refractivity contribution in [1.82, 2.24) is 24.7 Å². The zero-order chi connectivity index (χ0) is 25.8. The van der Waals surface area contributed by atoms with Crippen LogP contribution in [0.25, 0.3) is 11.1 Å². The van der Waals surface area contributed by atoms with Crippen LogP contribution in [0.15, 0.2) is 47.7 Å². The van der Waals surface area contributed by atoms with Gasteiger partial charge in [-0.15, -0.1) is 5.10 Å². The Hall–Kier alpha value is -3.54. The van der Waals surface area contributed by atoms with E-state index in [0.29, 0.717) is 27.6 Å². The van der Waals surface area contributed by atoms with Gasteiger partial charge in [0.1, 0.15) is 17.5 Å². The minimum absolute atomic E-state index is 0.112. The number of hydrogen-bond acceptors (Lipinski definition) is 9. The molecule has 1 amide bonds. The molecule has 0 fully saturated rings. The number of halogens is 2. The van der Waals surface area contributed by atoms with Gasteiger partial charge in [-0.25, -0.2) is 4.98 Å². The maximum atomic E-state index is 13.3. The Kier molecular flexibility index (Phi) is 7.82. The summed E-state index contributed by atoms with van der Waals surface area (Å²) < 4.78 is 12.5. The standard InChI is InChI=1S/C23H20Cl2N6O4S/c1-12(2)31-10-17(15-6-19(25)27-9-18(15)34-3)16(7-20(31)32)21(33)28-22-29-30-23(36-22)35-11-14-5-4-13(24)8-26-14/h4-10,12H,11H2,1-3H3,(H,28,29,33). The molecule has 0 unspecified atom stereocenters. The zero-order valence-corrected chi connectivity index (χ0v) is 21.7. The number of ether oxygens (including phenoxy) is 2. The number of rotatable bonds is 8. The summed E-state index contributed by atoms with van der Waals surface area (Å²) in [4.78, 5) is 34.2. The molecule has 0 saturated carbocycles. The zero-order valence-electron chi connectivity index (χ0n) is 19.4. The molecule has 0 atom stereocenters. The number of pyridine rings is 3. The third-order valence-electron chi connectivity index (χ3n) is 4.98. The fourth-order valence-electron chi connectivity index (χ4n) is 3.26. The summed E-state index contributed by atoms with van der Waals surface area (Å²) in [7, 11) is 1.48. The lowest BCUT2D eigenvalue weighted by Crippen LogP contribution is -2.25. The molecule has 0 bridgehead atoms. The summed E-state index contributed by atoms with van der Waals surface area (Å²) in [5.41, 5.74) is 1.38. The van der Waals surface area contributed by atoms with E-state index in [1.807, 2.05) is 13.8 Å². The Morgan fingerprint density at radius 3 is 2.64 bits per heavy atom. The Bertz CT molecular complexity index is 1460. The highest BCUT2D eigenvalue weighted by Crippen LogP contribution is 2.34. The Morgan fingerprint density at radius 2 is 1.94 bits per heavy atom. The molecule has 186 valence electrons. The van der Waals surface area contributed by atoms with E-state index in [2.05, 4.69) is 25.5 Å². The minimum Gasteiger partial charge on any atom is -0.494 e. The monoisotopic (exact) mass is 546 g/mol. The van der Waals surface area contributed by atoms with Crippen LogP contribution in [-0.4, -0.2) is 37.7 Å². The van der Waals surface area contributed by atoms with Gasteiger partial charge in [0, 0.05) is 35.6 Å². The number of hydrogen-bond donors (Lipinski definition) is 1. The van der Waals surface area contributed by atoms with Crippen LogP contribution in [-0.2, 0) is 6.61 Å². The summed E-state index contributed by atoms with van der Waals surface area (Å²) in [6.45, 7) is 3.88. The molecule has 0 aromatic carbocycles. The lowest BCUT2D eigenvalue weighted by molar-refractivity contribution is 0.102. The van der Waals surface area contributed by atoms with Crippen LogP contribution in [0.1, 0.15) is 35.9 Å². The van der Waals surface area contributed by atoms with E-state index in [0.717, 1.165) is 11.3 Å². The lowest BCUT2D eigenvalue weighted by atomic mass is 10.0. The van der Waals surface area contributed by atoms with Gasteiger partial charge >= 0.3 is 0 Å². The van der Waals surface area contributed by atoms with Crippen molar-refractivity contribution in [2.45, 2.75) is 26.5 Å². The average Bonchev–Trinajstić information content (AvgIpc) is 3.30. The van der Waals surface area contributed by atoms with E-state index in [4.69, 9.17) is 32.7 Å². The molecule has 0 aliphatic carbocycles. The third-order valence-corrected chi connectivity index (χ3v) is 6.17. The lowest BCUT2D eigenvalue weighted by Gasteiger charge is -2.17. The molecule has 4 aromatic heterocycles. The minimum atomic E-state index is -0.560. The number of carbonyl (C=O) groups is 1. The summed E-state index contributed by atoms with van der Waals surface area (Å²) in [5.74, 6) is -0.167. The molecule has 36 heavy (non-hydrogen) atoms. The normalized spacial score (nSPS) is 10.9. The summed E-state index contributed by atoms with van der Waals surface area (Å²) in [6, 6.07) is 6.13. The maximum Gasteiger partial charge on any atom is 0.296 e. The van der Waals surface area contributed by atoms with Crippen LogP contribution in [0.3, 0.4) is 0 Å². The highest BCUT2D eigenvalue weighted by Gasteiger charge is 2.21. The average molecular weight is 547 g/mol. The third kappa shape index (κ3) is 5.81. The van der Waals surface area contributed by atoms with Gasteiger partial charge in [-0.2, -0.15) is 0 Å². The SMILES string of the molecule is COc1cnc(Cl)cc1-c1cn(C(C)C)c(=O)cc1C(=O)Nc1nnc(OCc2ccc(Cl)cn2)s1. The van der Waals surface area contributed by atoms with Gasteiger partial charge in [-0.3, -0.25) is 19.9 Å². The summed E-state index contributed by atoms with van der Waals surface area (Å²) in [6.07, 6.45) is 4.57. The van der Waals surface area contributed by atoms with Gasteiger partial charge in [0.05, 0.1) is 29.6 Å². The number of anilines is 1. The predicted molar refractivity (Wildman–Crippen MR) is 137 cm³/mol. The summed E-state index contributed by atoms with van der Waals surface area (Å²) in [5, 5.41) is 11.7. The molecule has 4 rings (SSSR count). The largest absolute Gasteiger partial charge is 0.494 e. The van der Waals surface area contributed by atoms with Gasteiger partial charge in [0.2, 0.25) is 5.13 Å². The predicted octanol–water partition coefficient (Wildman–Crippen LogP) is 4.88. The molecular formula is C23H20Cl2N6O4S. The van der Waals surface area contributed by atoms with Crippen molar-refractivity contribution in [2.24, 2.45) is 0 Å². The van der Waals surface area contributed by atoms with Crippen LogP contribution in [0.2, 0.25) is 10.2 Å². The summed E-state index contributed by atoms with van der Waals surface area (Å²) >= 11 is 13.0. The number of methoxy groups -OCH3 is 1. The molecule has 4 heterocycles. The second-order valence-corrected chi connectivity index (χ2v) is 9.49. The van der Waals surface area contributed by atoms with Gasteiger partial charge in [-0.05, 0) is 43.4 Å². The van der Waals surface area contributed by atoms with Crippen LogP contribution in [0.5, 0.6) is 10.9 Å². The first-order valence-corrected chi connectivity index (χ1v) is 12.2. The quantitative estimate of drug-likeness (QED) is 0.310. The number of carbonyl (C=O) groups excluding carboxylic acids is 1. The highest BCUT2D eigenvalue weighted by molar-refractivity contribution is 7.17. The number of nitrogens with one attached hydrogen (secondary N) is 1. The fraction of sp³-hybridized carbons (Fsp3) is 0.217. The van der Waals surface area contributed by atoms with Gasteiger partial charge in [0.15, 0.2) is 0 Å².